The summed E-state index contributed by atoms with van der Waals surface area (Å²) in [7, 11) is 0. The minimum absolute atomic E-state index is 0.287. The first kappa shape index (κ1) is 17.4. The van der Waals surface area contributed by atoms with Gasteiger partial charge in [0.1, 0.15) is 11.1 Å². The van der Waals surface area contributed by atoms with Gasteiger partial charge in [0.05, 0.1) is 0 Å². The number of hydrogen-bond acceptors (Lipinski definition) is 7. The third-order valence-corrected chi connectivity index (χ3v) is 4.01. The van der Waals surface area contributed by atoms with Crippen molar-refractivity contribution in [3.63, 3.8) is 0 Å². The van der Waals surface area contributed by atoms with E-state index < -0.39 is 29.0 Å². The number of carbonyl (C=O) groups excluding carboxylic acids is 3. The quantitative estimate of drug-likeness (QED) is 0.593. The normalized spacial score (nSPS) is 13.5. The van der Waals surface area contributed by atoms with Gasteiger partial charge in [-0.05, 0) is 32.0 Å². The molecule has 2 heterocycles. The maximum absolute atomic E-state index is 12.2. The van der Waals surface area contributed by atoms with Crippen molar-refractivity contribution in [2.24, 2.45) is 0 Å². The summed E-state index contributed by atoms with van der Waals surface area (Å²) >= 11 is 0. The van der Waals surface area contributed by atoms with E-state index in [2.05, 4.69) is 4.90 Å². The monoisotopic (exact) mass is 356 g/mol. The van der Waals surface area contributed by atoms with Gasteiger partial charge in [-0.2, -0.15) is 0 Å². The topological polar surface area (TPSA) is 97.1 Å². The van der Waals surface area contributed by atoms with Gasteiger partial charge in [0.2, 0.25) is 0 Å². The third-order valence-electron chi connectivity index (χ3n) is 4.01. The lowest BCUT2D eigenvalue weighted by atomic mass is 10.1. The Kier molecular flexibility index (Phi) is 4.57. The molecule has 0 bridgehead atoms. The fourth-order valence-corrected chi connectivity index (χ4v) is 2.64. The molecule has 0 spiro atoms. The first-order valence-corrected chi connectivity index (χ1v) is 8.06. The van der Waals surface area contributed by atoms with Gasteiger partial charge in [-0.15, -0.1) is 0 Å². The van der Waals surface area contributed by atoms with Crippen LogP contribution in [0, 0.1) is 0 Å². The van der Waals surface area contributed by atoms with Crippen molar-refractivity contribution >= 4 is 34.4 Å². The van der Waals surface area contributed by atoms with Crippen LogP contribution in [-0.4, -0.2) is 35.9 Å². The van der Waals surface area contributed by atoms with Gasteiger partial charge < -0.3 is 14.2 Å². The predicted molar refractivity (Wildman–Crippen MR) is 92.5 cm³/mol. The molecule has 0 radical (unpaired) electrons. The van der Waals surface area contributed by atoms with Crippen molar-refractivity contribution in [2.75, 3.05) is 18.0 Å². The Labute approximate surface area is 148 Å². The van der Waals surface area contributed by atoms with Crippen molar-refractivity contribution in [1.82, 2.24) is 5.06 Å². The van der Waals surface area contributed by atoms with Crippen molar-refractivity contribution < 1.29 is 23.6 Å². The Morgan fingerprint density at radius 1 is 1.08 bits per heavy atom. The van der Waals surface area contributed by atoms with E-state index in [0.717, 1.165) is 30.9 Å². The molecule has 26 heavy (non-hydrogen) atoms. The number of hydroxylamine groups is 2. The second-order valence-corrected chi connectivity index (χ2v) is 5.52. The highest BCUT2D eigenvalue weighted by atomic mass is 16.7. The second kappa shape index (κ2) is 6.83. The van der Waals surface area contributed by atoms with Gasteiger partial charge in [-0.25, -0.2) is 9.59 Å². The fraction of sp³-hybridized carbons (Fsp3) is 0.222. The molecule has 0 saturated carbocycles. The summed E-state index contributed by atoms with van der Waals surface area (Å²) < 4.78 is 5.22. The van der Waals surface area contributed by atoms with E-state index in [9.17, 15) is 19.2 Å². The highest BCUT2D eigenvalue weighted by Gasteiger charge is 2.29. The van der Waals surface area contributed by atoms with E-state index >= 15 is 0 Å². The number of carbonyl (C=O) groups is 3. The second-order valence-electron chi connectivity index (χ2n) is 5.52. The third kappa shape index (κ3) is 3.08. The molecule has 0 aliphatic carbocycles. The summed E-state index contributed by atoms with van der Waals surface area (Å²) in [6.45, 7) is 5.61. The molecule has 0 unspecified atom stereocenters. The number of rotatable bonds is 5. The summed E-state index contributed by atoms with van der Waals surface area (Å²) in [5.74, 6) is -2.73. The lowest BCUT2D eigenvalue weighted by Crippen LogP contribution is -2.34. The van der Waals surface area contributed by atoms with Crippen LogP contribution in [0.3, 0.4) is 0 Å². The summed E-state index contributed by atoms with van der Waals surface area (Å²) in [5, 5.41) is 0.805. The van der Waals surface area contributed by atoms with Crippen LogP contribution in [0.1, 0.15) is 24.2 Å². The highest BCUT2D eigenvalue weighted by molar-refractivity contribution is 6.12. The van der Waals surface area contributed by atoms with E-state index in [1.165, 1.54) is 6.07 Å². The van der Waals surface area contributed by atoms with Crippen molar-refractivity contribution in [1.29, 1.82) is 0 Å². The lowest BCUT2D eigenvalue weighted by molar-refractivity contribution is -0.170. The predicted octanol–water partition coefficient (Wildman–Crippen LogP) is 1.64. The average molecular weight is 356 g/mol. The summed E-state index contributed by atoms with van der Waals surface area (Å²) in [6.07, 6.45) is 1.93. The Morgan fingerprint density at radius 2 is 1.73 bits per heavy atom. The summed E-state index contributed by atoms with van der Waals surface area (Å²) in [4.78, 5) is 54.0. The van der Waals surface area contributed by atoms with Crippen LogP contribution in [0.15, 0.2) is 45.6 Å². The number of anilines is 1. The molecular formula is C18H16N2O6. The van der Waals surface area contributed by atoms with E-state index in [-0.39, 0.29) is 5.06 Å². The van der Waals surface area contributed by atoms with Crippen LogP contribution >= 0.6 is 0 Å². The Balaban J connectivity index is 1.92. The zero-order chi connectivity index (χ0) is 18.8. The Hall–Kier alpha value is -3.42. The molecule has 0 fully saturated rings. The van der Waals surface area contributed by atoms with Crippen LogP contribution in [0.5, 0.6) is 0 Å². The van der Waals surface area contributed by atoms with Crippen LogP contribution in [0.2, 0.25) is 0 Å². The number of amides is 2. The van der Waals surface area contributed by atoms with E-state index in [0.29, 0.717) is 11.0 Å². The summed E-state index contributed by atoms with van der Waals surface area (Å²) in [5.41, 5.74) is -0.0990. The van der Waals surface area contributed by atoms with E-state index in [1.54, 1.807) is 12.1 Å². The fourth-order valence-electron chi connectivity index (χ4n) is 2.64. The molecule has 134 valence electrons. The lowest BCUT2D eigenvalue weighted by Gasteiger charge is -2.21. The maximum Gasteiger partial charge on any atom is 0.371 e. The zero-order valence-electron chi connectivity index (χ0n) is 14.2. The summed E-state index contributed by atoms with van der Waals surface area (Å²) in [6, 6.07) is 6.60. The van der Waals surface area contributed by atoms with Gasteiger partial charge in [0.15, 0.2) is 0 Å². The number of nitrogens with zero attached hydrogens (tertiary/aromatic N) is 2. The van der Waals surface area contributed by atoms with Crippen molar-refractivity contribution in [3.05, 3.63) is 52.4 Å². The van der Waals surface area contributed by atoms with Gasteiger partial charge in [0, 0.05) is 42.4 Å². The number of hydrogen-bond donors (Lipinski definition) is 0. The molecule has 1 aromatic heterocycles. The number of fused-ring (bicyclic) bond motifs is 1. The smallest absolute Gasteiger partial charge is 0.371 e. The molecule has 0 saturated heterocycles. The first-order chi connectivity index (χ1) is 12.4. The van der Waals surface area contributed by atoms with Crippen molar-refractivity contribution in [3.8, 4) is 0 Å². The van der Waals surface area contributed by atoms with Gasteiger partial charge in [-0.3, -0.25) is 9.59 Å². The van der Waals surface area contributed by atoms with E-state index in [4.69, 9.17) is 9.25 Å². The van der Waals surface area contributed by atoms with Gasteiger partial charge in [0.25, 0.3) is 11.8 Å². The molecule has 1 aliphatic heterocycles. The zero-order valence-corrected chi connectivity index (χ0v) is 14.2. The maximum atomic E-state index is 12.2. The average Bonchev–Trinajstić information content (AvgIpc) is 2.94. The van der Waals surface area contributed by atoms with Crippen LogP contribution < -0.4 is 10.5 Å². The largest absolute Gasteiger partial charge is 0.422 e. The molecule has 8 nitrogen and oxygen atoms in total. The van der Waals surface area contributed by atoms with Gasteiger partial charge >= 0.3 is 11.6 Å². The Morgan fingerprint density at radius 3 is 2.35 bits per heavy atom. The molecule has 2 aromatic rings. The van der Waals surface area contributed by atoms with Crippen LogP contribution in [0.4, 0.5) is 5.69 Å². The highest BCUT2D eigenvalue weighted by Crippen LogP contribution is 2.22. The molecule has 8 heteroatoms. The minimum Gasteiger partial charge on any atom is -0.422 e. The van der Waals surface area contributed by atoms with E-state index in [1.807, 2.05) is 19.9 Å². The standard InChI is InChI=1S/C18H16N2O6/c1-3-19(4-2)12-6-5-11-9-13(17(23)25-14(11)10-12)18(24)26-20-15(21)7-8-16(20)22/h5-10H,3-4H2,1-2H3. The van der Waals surface area contributed by atoms with Crippen LogP contribution in [-0.2, 0) is 14.4 Å². The first-order valence-electron chi connectivity index (χ1n) is 8.06. The number of benzene rings is 1. The molecule has 1 aliphatic rings. The number of imide groups is 1. The molecule has 0 atom stereocenters. The molecule has 0 N–H and O–H groups in total. The molecule has 1 aromatic carbocycles. The molecular weight excluding hydrogens is 340 g/mol. The molecule has 3 rings (SSSR count). The Bertz CT molecular complexity index is 969. The van der Waals surface area contributed by atoms with Gasteiger partial charge in [-0.1, -0.05) is 5.06 Å². The molecule has 2 amide bonds. The van der Waals surface area contributed by atoms with Crippen molar-refractivity contribution in [2.45, 2.75) is 13.8 Å². The minimum atomic E-state index is -1.14. The SMILES string of the molecule is CCN(CC)c1ccc2cc(C(=O)ON3C(=O)C=CC3=O)c(=O)oc2c1. The van der Waals surface area contributed by atoms with Crippen LogP contribution in [0.25, 0.3) is 11.0 Å².